The van der Waals surface area contributed by atoms with Gasteiger partial charge in [0, 0.05) is 0 Å². The van der Waals surface area contributed by atoms with Crippen molar-refractivity contribution in [3.05, 3.63) is 35.4 Å². The van der Waals surface area contributed by atoms with E-state index < -0.39 is 12.2 Å². The summed E-state index contributed by atoms with van der Waals surface area (Å²) in [6.07, 6.45) is 0.698. The predicted octanol–water partition coefficient (Wildman–Crippen LogP) is 2.57. The van der Waals surface area contributed by atoms with Gasteiger partial charge in [0.15, 0.2) is 0 Å². The van der Waals surface area contributed by atoms with E-state index in [2.05, 4.69) is 6.07 Å². The van der Waals surface area contributed by atoms with E-state index in [0.29, 0.717) is 18.4 Å². The van der Waals surface area contributed by atoms with E-state index in [4.69, 9.17) is 5.26 Å². The van der Waals surface area contributed by atoms with Gasteiger partial charge in [-0.2, -0.15) is 5.26 Å². The van der Waals surface area contributed by atoms with Crippen LogP contribution in [-0.2, 0) is 0 Å². The van der Waals surface area contributed by atoms with E-state index in [9.17, 15) is 10.2 Å². The molecule has 0 saturated heterocycles. The van der Waals surface area contributed by atoms with Crippen LogP contribution >= 0.6 is 0 Å². The lowest BCUT2D eigenvalue weighted by molar-refractivity contribution is 0.00638. The number of aliphatic hydroxyl groups excluding tert-OH is 2. The Labute approximate surface area is 109 Å². The van der Waals surface area contributed by atoms with Gasteiger partial charge in [0.2, 0.25) is 0 Å². The second-order valence-electron chi connectivity index (χ2n) is 4.79. The van der Waals surface area contributed by atoms with Crippen molar-refractivity contribution in [3.63, 3.8) is 0 Å². The summed E-state index contributed by atoms with van der Waals surface area (Å²) >= 11 is 0. The molecule has 0 amide bonds. The zero-order valence-electron chi connectivity index (χ0n) is 11.0. The third-order valence-corrected chi connectivity index (χ3v) is 3.23. The summed E-state index contributed by atoms with van der Waals surface area (Å²) in [6.45, 7) is 4.00. The normalized spacial score (nSPS) is 15.7. The van der Waals surface area contributed by atoms with E-state index >= 15 is 0 Å². The first-order valence-corrected chi connectivity index (χ1v) is 6.44. The Morgan fingerprint density at radius 1 is 1.17 bits per heavy atom. The van der Waals surface area contributed by atoms with Crippen LogP contribution in [0.3, 0.4) is 0 Å². The lowest BCUT2D eigenvalue weighted by Crippen LogP contribution is -2.27. The molecule has 3 nitrogen and oxygen atoms in total. The third-order valence-electron chi connectivity index (χ3n) is 3.23. The molecule has 3 unspecified atom stereocenters. The fourth-order valence-corrected chi connectivity index (χ4v) is 2.03. The standard InChI is InChI=1S/C15H21NO2/c1-3-4-14(17)15(18)9-11(2)13-7-5-12(10-16)6-8-13/h5-8,11,14-15,17-18H,3-4,9H2,1-2H3. The molecule has 18 heavy (non-hydrogen) atoms. The molecule has 0 aliphatic carbocycles. The average Bonchev–Trinajstić information content (AvgIpc) is 2.39. The fraction of sp³-hybridized carbons (Fsp3) is 0.533. The summed E-state index contributed by atoms with van der Waals surface area (Å²) in [5.74, 6) is 0.166. The van der Waals surface area contributed by atoms with Gasteiger partial charge >= 0.3 is 0 Å². The number of nitriles is 1. The van der Waals surface area contributed by atoms with Crippen LogP contribution in [0.4, 0.5) is 0 Å². The molecule has 1 rings (SSSR count). The van der Waals surface area contributed by atoms with Crippen LogP contribution in [0.2, 0.25) is 0 Å². The van der Waals surface area contributed by atoms with E-state index in [1.165, 1.54) is 0 Å². The fourth-order valence-electron chi connectivity index (χ4n) is 2.03. The lowest BCUT2D eigenvalue weighted by atomic mass is 9.91. The summed E-state index contributed by atoms with van der Waals surface area (Å²) < 4.78 is 0. The zero-order valence-corrected chi connectivity index (χ0v) is 11.0. The zero-order chi connectivity index (χ0) is 13.5. The number of hydrogen-bond acceptors (Lipinski definition) is 3. The van der Waals surface area contributed by atoms with Crippen molar-refractivity contribution in [2.24, 2.45) is 0 Å². The number of hydrogen-bond donors (Lipinski definition) is 2. The molecule has 0 aromatic heterocycles. The Balaban J connectivity index is 2.58. The van der Waals surface area contributed by atoms with Gasteiger partial charge in [0.1, 0.15) is 0 Å². The first-order chi connectivity index (χ1) is 8.58. The minimum atomic E-state index is -0.685. The molecule has 3 heteroatoms. The van der Waals surface area contributed by atoms with E-state index in [-0.39, 0.29) is 5.92 Å². The monoisotopic (exact) mass is 247 g/mol. The summed E-state index contributed by atoms with van der Waals surface area (Å²) in [6, 6.07) is 9.45. The average molecular weight is 247 g/mol. The Kier molecular flexibility index (Phi) is 5.84. The molecule has 98 valence electrons. The maximum atomic E-state index is 9.88. The molecule has 0 fully saturated rings. The molecular weight excluding hydrogens is 226 g/mol. The van der Waals surface area contributed by atoms with Crippen LogP contribution in [0, 0.1) is 11.3 Å². The minimum Gasteiger partial charge on any atom is -0.390 e. The maximum absolute atomic E-state index is 9.88. The second-order valence-corrected chi connectivity index (χ2v) is 4.79. The van der Waals surface area contributed by atoms with Gasteiger partial charge in [0.05, 0.1) is 23.8 Å². The molecule has 1 aromatic carbocycles. The van der Waals surface area contributed by atoms with Crippen LogP contribution in [0.25, 0.3) is 0 Å². The van der Waals surface area contributed by atoms with Crippen molar-refractivity contribution in [1.29, 1.82) is 5.26 Å². The number of aliphatic hydroxyl groups is 2. The quantitative estimate of drug-likeness (QED) is 0.812. The highest BCUT2D eigenvalue weighted by molar-refractivity contribution is 5.32. The SMILES string of the molecule is CCCC(O)C(O)CC(C)c1ccc(C#N)cc1. The first kappa shape index (κ1) is 14.7. The van der Waals surface area contributed by atoms with E-state index in [0.717, 1.165) is 12.0 Å². The summed E-state index contributed by atoms with van der Waals surface area (Å²) in [4.78, 5) is 0. The van der Waals surface area contributed by atoms with Crippen LogP contribution in [0.5, 0.6) is 0 Å². The minimum absolute atomic E-state index is 0.166. The Bertz CT molecular complexity index is 394. The van der Waals surface area contributed by atoms with Gasteiger partial charge < -0.3 is 10.2 Å². The molecular formula is C15H21NO2. The van der Waals surface area contributed by atoms with E-state index in [1.807, 2.05) is 26.0 Å². The highest BCUT2D eigenvalue weighted by atomic mass is 16.3. The van der Waals surface area contributed by atoms with Crippen molar-refractivity contribution in [3.8, 4) is 6.07 Å². The highest BCUT2D eigenvalue weighted by Crippen LogP contribution is 2.23. The van der Waals surface area contributed by atoms with Crippen molar-refractivity contribution < 1.29 is 10.2 Å². The molecule has 2 N–H and O–H groups in total. The topological polar surface area (TPSA) is 64.2 Å². The van der Waals surface area contributed by atoms with E-state index in [1.54, 1.807) is 12.1 Å². The molecule has 0 radical (unpaired) electrons. The predicted molar refractivity (Wildman–Crippen MR) is 71.1 cm³/mol. The summed E-state index contributed by atoms with van der Waals surface area (Å²) in [5.41, 5.74) is 1.72. The molecule has 0 aliphatic heterocycles. The Morgan fingerprint density at radius 2 is 1.78 bits per heavy atom. The Hall–Kier alpha value is -1.37. The van der Waals surface area contributed by atoms with Crippen LogP contribution in [0.15, 0.2) is 24.3 Å². The van der Waals surface area contributed by atoms with Gasteiger partial charge in [-0.05, 0) is 36.5 Å². The first-order valence-electron chi connectivity index (χ1n) is 6.44. The molecule has 0 bridgehead atoms. The third kappa shape index (κ3) is 4.14. The maximum Gasteiger partial charge on any atom is 0.0991 e. The molecule has 1 aromatic rings. The van der Waals surface area contributed by atoms with Gasteiger partial charge in [-0.3, -0.25) is 0 Å². The largest absolute Gasteiger partial charge is 0.390 e. The molecule has 0 spiro atoms. The molecule has 3 atom stereocenters. The number of nitrogens with zero attached hydrogens (tertiary/aromatic N) is 1. The van der Waals surface area contributed by atoms with Crippen molar-refractivity contribution in [1.82, 2.24) is 0 Å². The number of rotatable bonds is 6. The van der Waals surface area contributed by atoms with Crippen LogP contribution in [-0.4, -0.2) is 22.4 Å². The van der Waals surface area contributed by atoms with Gasteiger partial charge in [-0.1, -0.05) is 32.4 Å². The molecule has 0 aliphatic rings. The molecule has 0 heterocycles. The van der Waals surface area contributed by atoms with Crippen LogP contribution in [0.1, 0.15) is 50.2 Å². The Morgan fingerprint density at radius 3 is 2.28 bits per heavy atom. The van der Waals surface area contributed by atoms with Gasteiger partial charge in [0.25, 0.3) is 0 Å². The van der Waals surface area contributed by atoms with Crippen LogP contribution < -0.4 is 0 Å². The smallest absolute Gasteiger partial charge is 0.0991 e. The highest BCUT2D eigenvalue weighted by Gasteiger charge is 2.19. The van der Waals surface area contributed by atoms with Gasteiger partial charge in [-0.15, -0.1) is 0 Å². The number of benzene rings is 1. The lowest BCUT2D eigenvalue weighted by Gasteiger charge is -2.21. The molecule has 0 saturated carbocycles. The van der Waals surface area contributed by atoms with Crippen molar-refractivity contribution in [2.45, 2.75) is 51.2 Å². The summed E-state index contributed by atoms with van der Waals surface area (Å²) in [5, 5.41) is 28.3. The van der Waals surface area contributed by atoms with Gasteiger partial charge in [-0.25, -0.2) is 0 Å². The summed E-state index contributed by atoms with van der Waals surface area (Å²) in [7, 11) is 0. The van der Waals surface area contributed by atoms with Crippen molar-refractivity contribution in [2.75, 3.05) is 0 Å². The van der Waals surface area contributed by atoms with Crippen molar-refractivity contribution >= 4 is 0 Å². The second kappa shape index (κ2) is 7.15.